The maximum Gasteiger partial charge on any atom is 0.349 e. The van der Waals surface area contributed by atoms with E-state index in [0.29, 0.717) is 35.8 Å². The van der Waals surface area contributed by atoms with E-state index >= 15 is 0 Å². The molecule has 0 N–H and O–H groups in total. The predicted octanol–water partition coefficient (Wildman–Crippen LogP) is 9.30. The monoisotopic (exact) mass is 520 g/mol. The Kier molecular flexibility index (Phi) is 9.43. The van der Waals surface area contributed by atoms with E-state index in [1.165, 1.54) is 29.8 Å². The number of ether oxygens (including phenoxy) is 1. The lowest BCUT2D eigenvalue weighted by molar-refractivity contribution is 0.0724. The van der Waals surface area contributed by atoms with Crippen LogP contribution in [-0.2, 0) is 6.42 Å². The van der Waals surface area contributed by atoms with Gasteiger partial charge in [-0.3, -0.25) is 0 Å². The third-order valence-electron chi connectivity index (χ3n) is 7.69. The highest BCUT2D eigenvalue weighted by atomic mass is 19.1. The largest absolute Gasteiger partial charge is 0.423 e. The molecule has 1 saturated carbocycles. The van der Waals surface area contributed by atoms with Crippen LogP contribution in [0.5, 0.6) is 5.75 Å². The van der Waals surface area contributed by atoms with Crippen molar-refractivity contribution in [1.29, 1.82) is 0 Å². The lowest BCUT2D eigenvalue weighted by atomic mass is 9.75. The van der Waals surface area contributed by atoms with Gasteiger partial charge in [-0.2, -0.15) is 0 Å². The molecule has 38 heavy (non-hydrogen) atoms. The minimum absolute atomic E-state index is 0.0524. The van der Waals surface area contributed by atoms with Crippen molar-refractivity contribution in [2.45, 2.75) is 70.6 Å². The van der Waals surface area contributed by atoms with Gasteiger partial charge in [0.05, 0.1) is 0 Å². The highest BCUT2D eigenvalue weighted by Crippen LogP contribution is 2.40. The van der Waals surface area contributed by atoms with E-state index in [4.69, 9.17) is 4.74 Å². The van der Waals surface area contributed by atoms with Gasteiger partial charge >= 0.3 is 5.97 Å². The van der Waals surface area contributed by atoms with Gasteiger partial charge in [-0.25, -0.2) is 18.0 Å². The molecule has 0 bridgehead atoms. The summed E-state index contributed by atoms with van der Waals surface area (Å²) < 4.78 is 49.4. The van der Waals surface area contributed by atoms with Crippen LogP contribution >= 0.6 is 0 Å². The molecule has 1 atom stereocenters. The average Bonchev–Trinajstić information content (AvgIpc) is 2.90. The van der Waals surface area contributed by atoms with Crippen LogP contribution < -0.4 is 4.74 Å². The van der Waals surface area contributed by atoms with Crippen molar-refractivity contribution in [3.63, 3.8) is 0 Å². The van der Waals surface area contributed by atoms with Gasteiger partial charge in [0.25, 0.3) is 0 Å². The van der Waals surface area contributed by atoms with E-state index in [0.717, 1.165) is 38.2 Å². The molecule has 200 valence electrons. The molecule has 2 nitrogen and oxygen atoms in total. The molecule has 1 fully saturated rings. The molecule has 3 aromatic carbocycles. The molecule has 0 aromatic heterocycles. The lowest BCUT2D eigenvalue weighted by Crippen LogP contribution is -2.17. The Morgan fingerprint density at radius 3 is 2.26 bits per heavy atom. The van der Waals surface area contributed by atoms with Gasteiger partial charge in [0, 0.05) is 6.07 Å². The first kappa shape index (κ1) is 27.7. The van der Waals surface area contributed by atoms with E-state index in [-0.39, 0.29) is 11.7 Å². The second-order valence-corrected chi connectivity index (χ2v) is 10.4. The number of esters is 1. The third kappa shape index (κ3) is 6.94. The molecule has 0 saturated heterocycles. The van der Waals surface area contributed by atoms with Gasteiger partial charge in [-0.15, -0.1) is 0 Å². The summed E-state index contributed by atoms with van der Waals surface area (Å²) >= 11 is 0. The third-order valence-corrected chi connectivity index (χ3v) is 7.69. The van der Waals surface area contributed by atoms with E-state index in [1.807, 2.05) is 25.1 Å². The zero-order chi connectivity index (χ0) is 27.1. The van der Waals surface area contributed by atoms with Crippen LogP contribution in [0.15, 0.2) is 72.8 Å². The number of allylic oxidation sites excluding steroid dienone is 2. The zero-order valence-corrected chi connectivity index (χ0v) is 22.1. The maximum atomic E-state index is 15.0. The van der Waals surface area contributed by atoms with E-state index in [9.17, 15) is 18.0 Å². The average molecular weight is 521 g/mol. The fourth-order valence-electron chi connectivity index (χ4n) is 5.53. The molecule has 5 heteroatoms. The summed E-state index contributed by atoms with van der Waals surface area (Å²) in [6, 6.07) is 17.0. The summed E-state index contributed by atoms with van der Waals surface area (Å²) in [6.07, 6.45) is 9.83. The van der Waals surface area contributed by atoms with Crippen molar-refractivity contribution < 1.29 is 22.7 Å². The molecule has 0 aliphatic heterocycles. The van der Waals surface area contributed by atoms with Crippen molar-refractivity contribution in [3.8, 4) is 5.75 Å². The molecule has 1 aliphatic rings. The molecule has 3 aromatic rings. The van der Waals surface area contributed by atoms with Gasteiger partial charge in [0.15, 0.2) is 0 Å². The molecule has 4 rings (SSSR count). The van der Waals surface area contributed by atoms with Crippen molar-refractivity contribution >= 4 is 5.97 Å². The predicted molar refractivity (Wildman–Crippen MR) is 145 cm³/mol. The van der Waals surface area contributed by atoms with E-state index in [1.54, 1.807) is 0 Å². The smallest absolute Gasteiger partial charge is 0.349 e. The standard InChI is InChI=1S/C33H35F3O2/c1-3-4-6-11-26-16-17-28(21-29(26)34)38-33(37)32-30(35)19-27(20-31(32)36)25-14-12-23(13-15-25)18-22(2)24-9-7-5-8-10-24/h3-5,7-10,16-17,19-23,25H,6,11-15,18H2,1-2H3/t22-,23?,25?/m0/s1. The number of carbonyl (C=O) groups excluding carboxylic acids is 1. The first-order valence-corrected chi connectivity index (χ1v) is 13.5. The van der Waals surface area contributed by atoms with Gasteiger partial charge in [0.1, 0.15) is 28.8 Å². The molecule has 0 heterocycles. The molecular weight excluding hydrogens is 485 g/mol. The van der Waals surface area contributed by atoms with E-state index in [2.05, 4.69) is 31.2 Å². The van der Waals surface area contributed by atoms with Gasteiger partial charge in [-0.1, -0.05) is 55.5 Å². The molecule has 1 aliphatic carbocycles. The highest BCUT2D eigenvalue weighted by Gasteiger charge is 2.27. The molecule has 0 radical (unpaired) electrons. The van der Waals surface area contributed by atoms with Crippen LogP contribution in [0.4, 0.5) is 13.2 Å². The molecular formula is C33H35F3O2. The number of hydrogen-bond acceptors (Lipinski definition) is 2. The SMILES string of the molecule is CC=CCCc1ccc(OC(=O)c2c(F)cc(C3CCC(C[C@H](C)c4ccccc4)CC3)cc2F)cc1F. The summed E-state index contributed by atoms with van der Waals surface area (Å²) in [6.45, 7) is 4.14. The number of carbonyl (C=O) groups is 1. The van der Waals surface area contributed by atoms with Crippen molar-refractivity contribution in [2.24, 2.45) is 5.92 Å². The van der Waals surface area contributed by atoms with Crippen LogP contribution in [0, 0.1) is 23.4 Å². The summed E-state index contributed by atoms with van der Waals surface area (Å²) in [5.74, 6) is -2.58. The summed E-state index contributed by atoms with van der Waals surface area (Å²) in [7, 11) is 0. The highest BCUT2D eigenvalue weighted by molar-refractivity contribution is 5.91. The first-order chi connectivity index (χ1) is 18.4. The van der Waals surface area contributed by atoms with Crippen LogP contribution in [0.25, 0.3) is 0 Å². The Morgan fingerprint density at radius 2 is 1.63 bits per heavy atom. The van der Waals surface area contributed by atoms with Crippen LogP contribution in [0.2, 0.25) is 0 Å². The molecule has 0 unspecified atom stereocenters. The van der Waals surface area contributed by atoms with Gasteiger partial charge < -0.3 is 4.74 Å². The van der Waals surface area contributed by atoms with Gasteiger partial charge in [0.2, 0.25) is 0 Å². The Labute approximate surface area is 223 Å². The Balaban J connectivity index is 1.36. The number of halogens is 3. The fraction of sp³-hybridized carbons (Fsp3) is 0.364. The summed E-state index contributed by atoms with van der Waals surface area (Å²) in [4.78, 5) is 12.6. The van der Waals surface area contributed by atoms with E-state index < -0.39 is 29.0 Å². The van der Waals surface area contributed by atoms with Crippen LogP contribution in [-0.4, -0.2) is 5.97 Å². The normalized spacial score (nSPS) is 18.4. The van der Waals surface area contributed by atoms with Crippen LogP contribution in [0.1, 0.15) is 91.3 Å². The van der Waals surface area contributed by atoms with Crippen molar-refractivity contribution in [2.75, 3.05) is 0 Å². The number of hydrogen-bond donors (Lipinski definition) is 0. The minimum atomic E-state index is -1.17. The second kappa shape index (κ2) is 12.9. The summed E-state index contributed by atoms with van der Waals surface area (Å²) in [5, 5.41) is 0. The maximum absolute atomic E-state index is 15.0. The Morgan fingerprint density at radius 1 is 0.947 bits per heavy atom. The van der Waals surface area contributed by atoms with Crippen LogP contribution in [0.3, 0.4) is 0 Å². The number of aryl methyl sites for hydroxylation is 1. The van der Waals surface area contributed by atoms with Crippen molar-refractivity contribution in [3.05, 3.63) is 113 Å². The molecule has 0 spiro atoms. The Bertz CT molecular complexity index is 1240. The minimum Gasteiger partial charge on any atom is -0.423 e. The summed E-state index contributed by atoms with van der Waals surface area (Å²) in [5.41, 5.74) is 1.64. The lowest BCUT2D eigenvalue weighted by Gasteiger charge is -2.30. The molecule has 0 amide bonds. The number of benzene rings is 3. The quantitative estimate of drug-likeness (QED) is 0.160. The first-order valence-electron chi connectivity index (χ1n) is 13.5. The Hall–Kier alpha value is -3.34. The second-order valence-electron chi connectivity index (χ2n) is 10.4. The topological polar surface area (TPSA) is 26.3 Å². The zero-order valence-electron chi connectivity index (χ0n) is 22.1. The van der Waals surface area contributed by atoms with Crippen molar-refractivity contribution in [1.82, 2.24) is 0 Å². The number of rotatable bonds is 9. The fourth-order valence-corrected chi connectivity index (χ4v) is 5.53. The van der Waals surface area contributed by atoms with Gasteiger partial charge in [-0.05, 0) is 105 Å².